The minimum absolute atomic E-state index is 0.178. The predicted octanol–water partition coefficient (Wildman–Crippen LogP) is 3.87. The Hall–Kier alpha value is -2.64. The molecule has 2 N–H and O–H groups in total. The van der Waals surface area contributed by atoms with Crippen LogP contribution in [-0.4, -0.2) is 59.1 Å². The van der Waals surface area contributed by atoms with Crippen LogP contribution in [-0.2, 0) is 4.74 Å². The summed E-state index contributed by atoms with van der Waals surface area (Å²) in [5.74, 6) is 2.01. The average molecular weight is 415 g/mol. The van der Waals surface area contributed by atoms with Crippen molar-refractivity contribution in [3.05, 3.63) is 48.7 Å². The number of benzene rings is 1. The third-order valence-electron chi connectivity index (χ3n) is 6.09. The van der Waals surface area contributed by atoms with Crippen molar-refractivity contribution < 1.29 is 24.5 Å². The van der Waals surface area contributed by atoms with Gasteiger partial charge in [-0.15, -0.1) is 6.58 Å². The van der Waals surface area contributed by atoms with Gasteiger partial charge in [-0.1, -0.05) is 6.08 Å². The number of methoxy groups -OCH3 is 1. The summed E-state index contributed by atoms with van der Waals surface area (Å²) in [5, 5.41) is 19.8. The molecule has 7 heteroatoms. The number of fused-ring (bicyclic) bond motifs is 4. The molecule has 2 aromatic rings. The standard InChI is InChI=1S/C20H24N2O2.C3H6O3/c1-3-13-12-22-9-7-14(13)10-19(22)20(23)16-6-8-21-18-5-4-15(24-2)11-17(16)18;1-2-6-3(4)5/h3-6,8,11,13-14,19-20,23H,1,7,9-10,12H2,2H3;2H2,1H3,(H,4,5)/t13-,14?,19-,20-;/m1./s1. The van der Waals surface area contributed by atoms with E-state index in [9.17, 15) is 9.90 Å². The van der Waals surface area contributed by atoms with E-state index in [1.165, 1.54) is 6.42 Å². The molecule has 5 atom stereocenters. The molecule has 0 amide bonds. The molecule has 4 heterocycles. The monoisotopic (exact) mass is 414 g/mol. The van der Waals surface area contributed by atoms with Crippen LogP contribution in [0, 0.1) is 11.8 Å². The zero-order valence-electron chi connectivity index (χ0n) is 17.5. The lowest BCUT2D eigenvalue weighted by atomic mass is 9.73. The summed E-state index contributed by atoms with van der Waals surface area (Å²) in [6, 6.07) is 7.96. The Balaban J connectivity index is 0.000000377. The Morgan fingerprint density at radius 1 is 1.43 bits per heavy atom. The van der Waals surface area contributed by atoms with Gasteiger partial charge in [0.2, 0.25) is 0 Å². The molecule has 1 aromatic heterocycles. The number of carboxylic acid groups (broad SMARTS) is 1. The lowest BCUT2D eigenvalue weighted by Gasteiger charge is -2.50. The molecule has 7 nitrogen and oxygen atoms in total. The van der Waals surface area contributed by atoms with Gasteiger partial charge >= 0.3 is 6.16 Å². The first-order valence-corrected chi connectivity index (χ1v) is 10.3. The summed E-state index contributed by atoms with van der Waals surface area (Å²) >= 11 is 0. The van der Waals surface area contributed by atoms with E-state index in [4.69, 9.17) is 9.84 Å². The van der Waals surface area contributed by atoms with E-state index in [-0.39, 0.29) is 12.6 Å². The van der Waals surface area contributed by atoms with Crippen LogP contribution < -0.4 is 4.74 Å². The Morgan fingerprint density at radius 3 is 2.80 bits per heavy atom. The molecule has 162 valence electrons. The molecule has 0 radical (unpaired) electrons. The molecular weight excluding hydrogens is 384 g/mol. The van der Waals surface area contributed by atoms with Crippen LogP contribution in [0.5, 0.6) is 5.75 Å². The first-order chi connectivity index (χ1) is 14.5. The predicted molar refractivity (Wildman–Crippen MR) is 115 cm³/mol. The van der Waals surface area contributed by atoms with Crippen LogP contribution in [0.4, 0.5) is 4.79 Å². The number of ether oxygens (including phenoxy) is 2. The quantitative estimate of drug-likeness (QED) is 0.567. The number of carbonyl (C=O) groups is 1. The Bertz CT molecular complexity index is 887. The Labute approximate surface area is 176 Å². The SMILES string of the molecule is C=C[C@@H]1CN2CCC1C[C@@H]2[C@H](O)c1ccnc2ccc(OC)cc12.CCOC(=O)O. The molecular formula is C23H30N2O5. The van der Waals surface area contributed by atoms with Crippen LogP contribution in [0.25, 0.3) is 10.9 Å². The Morgan fingerprint density at radius 2 is 2.23 bits per heavy atom. The zero-order valence-corrected chi connectivity index (χ0v) is 17.5. The second-order valence-electron chi connectivity index (χ2n) is 7.67. The van der Waals surface area contributed by atoms with E-state index < -0.39 is 12.3 Å². The van der Waals surface area contributed by atoms with Gasteiger partial charge in [0.1, 0.15) is 5.75 Å². The van der Waals surface area contributed by atoms with Crippen LogP contribution in [0.15, 0.2) is 43.1 Å². The third-order valence-corrected chi connectivity index (χ3v) is 6.09. The van der Waals surface area contributed by atoms with Gasteiger partial charge in [-0.3, -0.25) is 9.88 Å². The van der Waals surface area contributed by atoms with E-state index in [1.54, 1.807) is 20.2 Å². The van der Waals surface area contributed by atoms with Crippen molar-refractivity contribution in [1.29, 1.82) is 0 Å². The number of aliphatic hydroxyl groups excluding tert-OH is 1. The topological polar surface area (TPSA) is 92.1 Å². The molecule has 5 rings (SSSR count). The number of nitrogens with zero attached hydrogens (tertiary/aromatic N) is 2. The van der Waals surface area contributed by atoms with Crippen molar-refractivity contribution in [2.24, 2.45) is 11.8 Å². The van der Waals surface area contributed by atoms with Gasteiger partial charge in [-0.2, -0.15) is 0 Å². The van der Waals surface area contributed by atoms with Gasteiger partial charge in [0.15, 0.2) is 0 Å². The molecule has 3 saturated heterocycles. The smallest absolute Gasteiger partial charge is 0.497 e. The number of rotatable bonds is 5. The van der Waals surface area contributed by atoms with Gasteiger partial charge in [-0.25, -0.2) is 4.79 Å². The summed E-state index contributed by atoms with van der Waals surface area (Å²) in [7, 11) is 1.66. The number of piperidine rings is 3. The molecule has 3 aliphatic heterocycles. The van der Waals surface area contributed by atoms with Gasteiger partial charge < -0.3 is 19.7 Å². The number of aliphatic hydroxyl groups is 1. The molecule has 0 saturated carbocycles. The molecule has 0 spiro atoms. The van der Waals surface area contributed by atoms with Gasteiger partial charge in [0.05, 0.1) is 25.3 Å². The summed E-state index contributed by atoms with van der Waals surface area (Å²) in [6.07, 6.45) is 4.41. The lowest BCUT2D eigenvalue weighted by Crippen LogP contribution is -2.54. The van der Waals surface area contributed by atoms with Crippen LogP contribution >= 0.6 is 0 Å². The highest BCUT2D eigenvalue weighted by molar-refractivity contribution is 5.83. The maximum atomic E-state index is 11.2. The van der Waals surface area contributed by atoms with E-state index >= 15 is 0 Å². The molecule has 30 heavy (non-hydrogen) atoms. The highest BCUT2D eigenvalue weighted by Gasteiger charge is 2.42. The first kappa shape index (κ1) is 22.1. The van der Waals surface area contributed by atoms with Crippen LogP contribution in [0.2, 0.25) is 0 Å². The maximum Gasteiger partial charge on any atom is 0.505 e. The van der Waals surface area contributed by atoms with Crippen molar-refractivity contribution in [2.45, 2.75) is 31.9 Å². The van der Waals surface area contributed by atoms with E-state index in [0.29, 0.717) is 11.8 Å². The number of pyridine rings is 1. The zero-order chi connectivity index (χ0) is 21.7. The highest BCUT2D eigenvalue weighted by atomic mass is 16.7. The molecule has 2 unspecified atom stereocenters. The van der Waals surface area contributed by atoms with E-state index in [2.05, 4.69) is 27.3 Å². The van der Waals surface area contributed by atoms with E-state index in [0.717, 1.165) is 41.7 Å². The largest absolute Gasteiger partial charge is 0.505 e. The molecule has 3 fully saturated rings. The second kappa shape index (κ2) is 9.91. The number of aromatic nitrogens is 1. The van der Waals surface area contributed by atoms with Crippen molar-refractivity contribution in [3.63, 3.8) is 0 Å². The van der Waals surface area contributed by atoms with Gasteiger partial charge in [-0.05, 0) is 68.0 Å². The highest BCUT2D eigenvalue weighted by Crippen LogP contribution is 2.42. The normalized spacial score (nSPS) is 25.7. The van der Waals surface area contributed by atoms with Gasteiger partial charge in [0, 0.05) is 24.2 Å². The Kier molecular flexibility index (Phi) is 7.29. The third kappa shape index (κ3) is 4.74. The fourth-order valence-electron chi connectivity index (χ4n) is 4.57. The van der Waals surface area contributed by atoms with Crippen molar-refractivity contribution in [2.75, 3.05) is 26.8 Å². The lowest BCUT2D eigenvalue weighted by molar-refractivity contribution is -0.0444. The summed E-state index contributed by atoms with van der Waals surface area (Å²) in [5.41, 5.74) is 1.85. The second-order valence-corrected chi connectivity index (χ2v) is 7.67. The first-order valence-electron chi connectivity index (χ1n) is 10.3. The summed E-state index contributed by atoms with van der Waals surface area (Å²) < 4.78 is 9.31. The van der Waals surface area contributed by atoms with Crippen LogP contribution in [0.3, 0.4) is 0 Å². The minimum atomic E-state index is -1.21. The number of hydrogen-bond acceptors (Lipinski definition) is 6. The minimum Gasteiger partial charge on any atom is -0.497 e. The van der Waals surface area contributed by atoms with Crippen molar-refractivity contribution in [3.8, 4) is 5.75 Å². The molecule has 2 bridgehead atoms. The maximum absolute atomic E-state index is 11.2. The van der Waals surface area contributed by atoms with Crippen molar-refractivity contribution >= 4 is 17.1 Å². The van der Waals surface area contributed by atoms with Crippen LogP contribution in [0.1, 0.15) is 31.4 Å². The molecule has 3 aliphatic rings. The van der Waals surface area contributed by atoms with Gasteiger partial charge in [0.25, 0.3) is 0 Å². The molecule has 1 aromatic carbocycles. The van der Waals surface area contributed by atoms with E-state index in [1.807, 2.05) is 24.3 Å². The van der Waals surface area contributed by atoms with Crippen molar-refractivity contribution in [1.82, 2.24) is 9.88 Å². The average Bonchev–Trinajstić information content (AvgIpc) is 2.78. The summed E-state index contributed by atoms with van der Waals surface area (Å²) in [6.45, 7) is 7.92. The summed E-state index contributed by atoms with van der Waals surface area (Å²) in [4.78, 5) is 16.2. The molecule has 0 aliphatic carbocycles. The fourth-order valence-corrected chi connectivity index (χ4v) is 4.57. The fraction of sp³-hybridized carbons (Fsp3) is 0.478. The number of hydrogen-bond donors (Lipinski definition) is 2.